The molecule has 15 nitrogen and oxygen atoms in total. The number of nitrogens with one attached hydrogen (secondary N) is 3. The fraction of sp³-hybridized carbons (Fsp3) is 0.245. The van der Waals surface area contributed by atoms with Crippen LogP contribution in [0.3, 0.4) is 0 Å². The number of alkyl halides is 4. The van der Waals surface area contributed by atoms with Crippen molar-refractivity contribution in [3.05, 3.63) is 173 Å². The van der Waals surface area contributed by atoms with Gasteiger partial charge in [0.05, 0.1) is 53.3 Å². The molecule has 378 valence electrons. The minimum Gasteiger partial charge on any atom is -0.345 e. The van der Waals surface area contributed by atoms with Crippen LogP contribution in [0.5, 0.6) is 0 Å². The molecule has 2 saturated heterocycles. The van der Waals surface area contributed by atoms with Crippen LogP contribution >= 0.6 is 15.9 Å². The molecule has 10 rings (SSSR count). The molecule has 0 aliphatic carbocycles. The van der Waals surface area contributed by atoms with Crippen LogP contribution < -0.4 is 26.2 Å². The van der Waals surface area contributed by atoms with E-state index in [1.54, 1.807) is 57.5 Å². The van der Waals surface area contributed by atoms with Gasteiger partial charge in [-0.05, 0) is 92.7 Å². The Bertz CT molecular complexity index is 3200. The largest absolute Gasteiger partial charge is 0.345 e. The van der Waals surface area contributed by atoms with Gasteiger partial charge in [0.2, 0.25) is 11.8 Å². The van der Waals surface area contributed by atoms with Gasteiger partial charge in [-0.2, -0.15) is 27.8 Å². The molecule has 8 aromatic rings. The molecule has 4 aromatic carbocycles. The third-order valence-corrected chi connectivity index (χ3v) is 12.4. The molecule has 2 unspecified atom stereocenters. The van der Waals surface area contributed by atoms with Crippen molar-refractivity contribution < 1.29 is 36.7 Å². The van der Waals surface area contributed by atoms with Crippen molar-refractivity contribution in [2.75, 3.05) is 16.8 Å². The lowest BCUT2D eigenvalue weighted by Crippen LogP contribution is -2.46. The Hall–Kier alpha value is -7.84. The Kier molecular flexibility index (Phi) is 16.5. The van der Waals surface area contributed by atoms with Crippen LogP contribution in [0.1, 0.15) is 61.3 Å². The summed E-state index contributed by atoms with van der Waals surface area (Å²) in [6.45, 7) is 4.95. The second-order valence-electron chi connectivity index (χ2n) is 17.3. The maximum atomic E-state index is 13.6. The highest BCUT2D eigenvalue weighted by molar-refractivity contribution is 9.10. The van der Waals surface area contributed by atoms with Crippen molar-refractivity contribution in [3.8, 4) is 5.69 Å². The summed E-state index contributed by atoms with van der Waals surface area (Å²) in [6, 6.07) is 34.0. The molecular weight excluding hydrogens is 1010 g/mol. The van der Waals surface area contributed by atoms with Crippen molar-refractivity contribution in [1.29, 1.82) is 0 Å². The van der Waals surface area contributed by atoms with Crippen molar-refractivity contribution >= 4 is 72.7 Å². The number of benzene rings is 4. The van der Waals surface area contributed by atoms with Crippen LogP contribution in [0.4, 0.5) is 28.9 Å². The molecule has 2 aliphatic heterocycles. The summed E-state index contributed by atoms with van der Waals surface area (Å²) in [6.07, 6.45) is 6.70. The minimum absolute atomic E-state index is 0.0647. The fourth-order valence-corrected chi connectivity index (χ4v) is 9.07. The molecule has 5 N–H and O–H groups in total. The lowest BCUT2D eigenvalue weighted by Gasteiger charge is -2.29. The van der Waals surface area contributed by atoms with E-state index in [0.717, 1.165) is 54.5 Å². The fourth-order valence-electron chi connectivity index (χ4n) is 8.62. The lowest BCUT2D eigenvalue weighted by atomic mass is 9.99. The first-order chi connectivity index (χ1) is 34.8. The molecule has 2 aliphatic rings. The Morgan fingerprint density at radius 3 is 1.62 bits per heavy atom. The van der Waals surface area contributed by atoms with E-state index >= 15 is 0 Å². The quantitative estimate of drug-likeness (QED) is 0.102. The van der Waals surface area contributed by atoms with Gasteiger partial charge in [-0.15, -0.1) is 0 Å². The van der Waals surface area contributed by atoms with E-state index in [-0.39, 0.29) is 24.7 Å². The van der Waals surface area contributed by atoms with E-state index in [4.69, 9.17) is 0 Å². The number of H-pyrrole nitrogens is 1. The van der Waals surface area contributed by atoms with Gasteiger partial charge in [0.1, 0.15) is 0 Å². The number of aromatic nitrogens is 6. The summed E-state index contributed by atoms with van der Waals surface area (Å²) in [5.41, 5.74) is 11.6. The second-order valence-corrected chi connectivity index (χ2v) is 18.2. The van der Waals surface area contributed by atoms with E-state index in [2.05, 4.69) is 57.6 Å². The number of hydrogen-bond acceptors (Lipinski definition) is 9. The van der Waals surface area contributed by atoms with Crippen LogP contribution in [0.2, 0.25) is 0 Å². The van der Waals surface area contributed by atoms with Crippen molar-refractivity contribution in [2.45, 2.75) is 76.5 Å². The van der Waals surface area contributed by atoms with E-state index in [0.29, 0.717) is 25.2 Å². The molecule has 0 radical (unpaired) electrons. The predicted octanol–water partition coefficient (Wildman–Crippen LogP) is 9.26. The summed E-state index contributed by atoms with van der Waals surface area (Å²) in [5.74, 6) is -10.4. The zero-order chi connectivity index (χ0) is 52.6. The number of halogens is 5. The molecule has 20 heteroatoms. The van der Waals surface area contributed by atoms with Gasteiger partial charge < -0.3 is 26.2 Å². The Morgan fingerprint density at radius 2 is 1.14 bits per heavy atom. The number of carbonyl (C=O) groups excluding carboxylic acids is 4. The molecule has 0 spiro atoms. The summed E-state index contributed by atoms with van der Waals surface area (Å²) in [5, 5.41) is 17.7. The first kappa shape index (κ1) is 53.0. The third kappa shape index (κ3) is 12.4. The van der Waals surface area contributed by atoms with E-state index in [1.807, 2.05) is 117 Å². The standard InChI is InChI=1S/C26H23F2N5O2.C20H18F2N4O2.C6H6BrN.CH5N/c1-16-12-20(10-11-29-16)33-22-9-8-19(13-18(22)15-30-33)32-23(34)14-21(31-25(35)26(2,27)28)24(32)17-6-4-3-5-7-17;1-20(21,22)19(28)24-16-10-17(27)26(18(16)12-5-3-2-4-6-12)14-7-8-15-13(9-14)11-23-25-15;1-5-4-6(7)2-3-8-5;1-2/h3-13,15,21,24H,14H2,1-2H3,(H,31,35);2-9,11,16,18H,10H2,1H3,(H,23,25)(H,24,28);2-4H,1H3;2H2,1H3/t21-,24?;16-,18?;;/m00../s1. The van der Waals surface area contributed by atoms with E-state index < -0.39 is 47.8 Å². The van der Waals surface area contributed by atoms with Crippen LogP contribution in [-0.4, -0.2) is 84.6 Å². The van der Waals surface area contributed by atoms with Crippen molar-refractivity contribution in [1.82, 2.24) is 40.6 Å². The van der Waals surface area contributed by atoms with Gasteiger partial charge in [-0.1, -0.05) is 76.6 Å². The SMILES string of the molecule is CC(F)(F)C(=O)N[C@H]1CC(=O)N(c2ccc3[nH]ncc3c2)C1c1ccccc1.CN.Cc1cc(-n2ncc3cc(N4C(=O)C[C@H](NC(=O)C(C)(F)F)C4c4ccccc4)ccc32)ccn1.Cc1cc(Br)ccn1. The maximum Gasteiger partial charge on any atom is 0.321 e. The molecule has 73 heavy (non-hydrogen) atoms. The number of amides is 4. The van der Waals surface area contributed by atoms with Gasteiger partial charge in [0, 0.05) is 77.1 Å². The first-order valence-corrected chi connectivity index (χ1v) is 23.8. The van der Waals surface area contributed by atoms with Crippen molar-refractivity contribution in [2.24, 2.45) is 5.73 Å². The Morgan fingerprint density at radius 1 is 0.644 bits per heavy atom. The highest BCUT2D eigenvalue weighted by Crippen LogP contribution is 2.40. The number of aromatic amines is 1. The topological polar surface area (TPSA) is 197 Å². The first-order valence-electron chi connectivity index (χ1n) is 23.0. The zero-order valence-electron chi connectivity index (χ0n) is 40.3. The van der Waals surface area contributed by atoms with Gasteiger partial charge in [0.25, 0.3) is 11.8 Å². The van der Waals surface area contributed by atoms with Crippen LogP contribution in [0.25, 0.3) is 27.5 Å². The number of carbonyl (C=O) groups is 4. The number of hydrogen-bond donors (Lipinski definition) is 4. The maximum absolute atomic E-state index is 13.6. The number of anilines is 2. The smallest absolute Gasteiger partial charge is 0.321 e. The normalized spacial score (nSPS) is 17.5. The third-order valence-electron chi connectivity index (χ3n) is 11.9. The summed E-state index contributed by atoms with van der Waals surface area (Å²) >= 11 is 3.32. The Labute approximate surface area is 426 Å². The molecule has 4 atom stereocenters. The summed E-state index contributed by atoms with van der Waals surface area (Å²) in [7, 11) is 1.50. The van der Waals surface area contributed by atoms with E-state index in [9.17, 15) is 36.7 Å². The van der Waals surface area contributed by atoms with Gasteiger partial charge in [-0.3, -0.25) is 34.2 Å². The highest BCUT2D eigenvalue weighted by atomic mass is 79.9. The average molecular weight is 1060 g/mol. The summed E-state index contributed by atoms with van der Waals surface area (Å²) < 4.78 is 57.0. The number of fused-ring (bicyclic) bond motifs is 2. The summed E-state index contributed by atoms with van der Waals surface area (Å²) in [4.78, 5) is 61.3. The number of rotatable bonds is 9. The molecule has 4 amide bonds. The van der Waals surface area contributed by atoms with Gasteiger partial charge in [0.15, 0.2) is 0 Å². The number of aryl methyl sites for hydroxylation is 2. The second kappa shape index (κ2) is 22.7. The van der Waals surface area contributed by atoms with Gasteiger partial charge in [-0.25, -0.2) is 4.68 Å². The minimum atomic E-state index is -3.55. The lowest BCUT2D eigenvalue weighted by molar-refractivity contribution is -0.144. The Balaban J connectivity index is 0.000000183. The van der Waals surface area contributed by atoms with Crippen molar-refractivity contribution in [3.63, 3.8) is 0 Å². The van der Waals surface area contributed by atoms with Crippen LogP contribution in [-0.2, 0) is 19.2 Å². The van der Waals surface area contributed by atoms with Gasteiger partial charge >= 0.3 is 11.8 Å². The number of pyridine rings is 2. The molecule has 0 bridgehead atoms. The average Bonchev–Trinajstić information content (AvgIpc) is 4.16. The monoisotopic (exact) mass is 1060 g/mol. The molecule has 4 aromatic heterocycles. The van der Waals surface area contributed by atoms with Crippen LogP contribution in [0.15, 0.2) is 151 Å². The number of nitrogens with zero attached hydrogens (tertiary/aromatic N) is 7. The van der Waals surface area contributed by atoms with E-state index in [1.165, 1.54) is 7.05 Å². The zero-order valence-corrected chi connectivity index (χ0v) is 41.9. The highest BCUT2D eigenvalue weighted by Gasteiger charge is 2.46. The number of nitrogens with two attached hydrogens (primary N) is 1. The molecular formula is C53H52BrF4N11O4. The molecule has 6 heterocycles. The van der Waals surface area contributed by atoms with Crippen LogP contribution in [0, 0.1) is 13.8 Å². The predicted molar refractivity (Wildman–Crippen MR) is 274 cm³/mol. The molecule has 0 saturated carbocycles. The molecule has 2 fully saturated rings.